The number of aromatic nitrogens is 3. The van der Waals surface area contributed by atoms with E-state index in [9.17, 15) is 4.79 Å². The number of rotatable bonds is 2. The molecule has 108 valence electrons. The highest BCUT2D eigenvalue weighted by atomic mass is 16.2. The summed E-state index contributed by atoms with van der Waals surface area (Å²) in [6.07, 6.45) is 7.22. The fourth-order valence-corrected chi connectivity index (χ4v) is 3.73. The highest BCUT2D eigenvalue weighted by Gasteiger charge is 2.38. The molecule has 0 spiro atoms. The van der Waals surface area contributed by atoms with E-state index in [1.54, 1.807) is 12.4 Å². The SMILES string of the molecule is O=C(c1cn[nH]c1-c1ccccn1)N1C[C@H]2CCC[C@H]2C1. The van der Waals surface area contributed by atoms with E-state index in [-0.39, 0.29) is 5.91 Å². The van der Waals surface area contributed by atoms with Crippen LogP contribution in [-0.4, -0.2) is 39.1 Å². The van der Waals surface area contributed by atoms with Gasteiger partial charge in [0, 0.05) is 19.3 Å². The Hall–Kier alpha value is -2.17. The Morgan fingerprint density at radius 3 is 2.76 bits per heavy atom. The fourth-order valence-electron chi connectivity index (χ4n) is 3.73. The van der Waals surface area contributed by atoms with Gasteiger partial charge >= 0.3 is 0 Å². The molecule has 2 atom stereocenters. The van der Waals surface area contributed by atoms with Crippen molar-refractivity contribution in [3.63, 3.8) is 0 Å². The number of likely N-dealkylation sites (tertiary alicyclic amines) is 1. The molecule has 1 N–H and O–H groups in total. The molecule has 5 heteroatoms. The first-order chi connectivity index (χ1) is 10.3. The number of nitrogens with zero attached hydrogens (tertiary/aromatic N) is 3. The van der Waals surface area contributed by atoms with Crippen LogP contribution in [0.5, 0.6) is 0 Å². The molecule has 0 radical (unpaired) electrons. The van der Waals surface area contributed by atoms with Crippen LogP contribution in [0.15, 0.2) is 30.6 Å². The highest BCUT2D eigenvalue weighted by molar-refractivity contribution is 5.99. The molecule has 1 aliphatic carbocycles. The van der Waals surface area contributed by atoms with Crippen LogP contribution in [0.4, 0.5) is 0 Å². The monoisotopic (exact) mass is 282 g/mol. The average molecular weight is 282 g/mol. The molecule has 2 aromatic heterocycles. The van der Waals surface area contributed by atoms with Crippen LogP contribution in [0.1, 0.15) is 29.6 Å². The number of carbonyl (C=O) groups excluding carboxylic acids is 1. The van der Waals surface area contributed by atoms with Crippen molar-refractivity contribution in [3.8, 4) is 11.4 Å². The molecule has 0 unspecified atom stereocenters. The zero-order valence-corrected chi connectivity index (χ0v) is 11.8. The Bertz CT molecular complexity index is 639. The van der Waals surface area contributed by atoms with Crippen LogP contribution >= 0.6 is 0 Å². The molecule has 2 fully saturated rings. The largest absolute Gasteiger partial charge is 0.338 e. The molecule has 1 amide bonds. The first kappa shape index (κ1) is 12.6. The van der Waals surface area contributed by atoms with E-state index in [1.165, 1.54) is 19.3 Å². The molecule has 4 rings (SSSR count). The van der Waals surface area contributed by atoms with Gasteiger partial charge in [0.15, 0.2) is 0 Å². The number of fused-ring (bicyclic) bond motifs is 1. The molecular formula is C16H18N4O. The van der Waals surface area contributed by atoms with Gasteiger partial charge in [0.2, 0.25) is 0 Å². The Morgan fingerprint density at radius 1 is 1.24 bits per heavy atom. The van der Waals surface area contributed by atoms with Crippen LogP contribution in [0.3, 0.4) is 0 Å². The normalized spacial score (nSPS) is 24.3. The van der Waals surface area contributed by atoms with Crippen LogP contribution < -0.4 is 0 Å². The number of pyridine rings is 1. The van der Waals surface area contributed by atoms with Crippen molar-refractivity contribution >= 4 is 5.91 Å². The zero-order chi connectivity index (χ0) is 14.2. The average Bonchev–Trinajstić information content (AvgIpc) is 3.22. The van der Waals surface area contributed by atoms with Crippen molar-refractivity contribution in [1.29, 1.82) is 0 Å². The van der Waals surface area contributed by atoms with E-state index in [0.717, 1.165) is 24.5 Å². The van der Waals surface area contributed by atoms with Crippen molar-refractivity contribution < 1.29 is 4.79 Å². The summed E-state index contributed by atoms with van der Waals surface area (Å²) >= 11 is 0. The predicted octanol–water partition coefficient (Wildman–Crippen LogP) is 2.34. The third kappa shape index (κ3) is 2.13. The molecule has 0 aromatic carbocycles. The topological polar surface area (TPSA) is 61.9 Å². The lowest BCUT2D eigenvalue weighted by molar-refractivity contribution is 0.0781. The zero-order valence-electron chi connectivity index (χ0n) is 11.8. The van der Waals surface area contributed by atoms with Gasteiger partial charge in [-0.2, -0.15) is 5.10 Å². The molecule has 5 nitrogen and oxygen atoms in total. The maximum atomic E-state index is 12.8. The van der Waals surface area contributed by atoms with E-state index in [4.69, 9.17) is 0 Å². The Labute approximate surface area is 123 Å². The number of amides is 1. The smallest absolute Gasteiger partial charge is 0.257 e. The molecule has 2 aromatic rings. The quantitative estimate of drug-likeness (QED) is 0.919. The molecule has 21 heavy (non-hydrogen) atoms. The maximum absolute atomic E-state index is 12.8. The summed E-state index contributed by atoms with van der Waals surface area (Å²) in [4.78, 5) is 19.1. The highest BCUT2D eigenvalue weighted by Crippen LogP contribution is 2.38. The molecule has 1 saturated heterocycles. The summed E-state index contributed by atoms with van der Waals surface area (Å²) in [5.74, 6) is 1.50. The standard InChI is InChI=1S/C16H18N4O/c21-16(20-9-11-4-3-5-12(11)10-20)13-8-18-19-15(13)14-6-1-2-7-17-14/h1-2,6-8,11-12H,3-5,9-10H2,(H,18,19)/t11-,12+. The Balaban J connectivity index is 1.60. The van der Waals surface area contributed by atoms with Gasteiger partial charge < -0.3 is 4.90 Å². The molecule has 0 bridgehead atoms. The van der Waals surface area contributed by atoms with Gasteiger partial charge in [-0.15, -0.1) is 0 Å². The van der Waals surface area contributed by atoms with Crippen LogP contribution in [-0.2, 0) is 0 Å². The molecule has 3 heterocycles. The minimum absolute atomic E-state index is 0.0822. The summed E-state index contributed by atoms with van der Waals surface area (Å²) in [5, 5.41) is 6.97. The van der Waals surface area contributed by atoms with Crippen molar-refractivity contribution in [3.05, 3.63) is 36.2 Å². The summed E-state index contributed by atoms with van der Waals surface area (Å²) in [7, 11) is 0. The second-order valence-corrected chi connectivity index (χ2v) is 6.03. The second kappa shape index (κ2) is 4.98. The van der Waals surface area contributed by atoms with Gasteiger partial charge in [-0.1, -0.05) is 12.5 Å². The third-order valence-electron chi connectivity index (χ3n) is 4.80. The summed E-state index contributed by atoms with van der Waals surface area (Å²) in [5.41, 5.74) is 2.11. The predicted molar refractivity (Wildman–Crippen MR) is 78.6 cm³/mol. The van der Waals surface area contributed by atoms with Crippen LogP contribution in [0.2, 0.25) is 0 Å². The Morgan fingerprint density at radius 2 is 2.05 bits per heavy atom. The van der Waals surface area contributed by atoms with Gasteiger partial charge in [-0.05, 0) is 36.8 Å². The van der Waals surface area contributed by atoms with Crippen molar-refractivity contribution in [1.82, 2.24) is 20.1 Å². The van der Waals surface area contributed by atoms with Crippen molar-refractivity contribution in [2.45, 2.75) is 19.3 Å². The summed E-state index contributed by atoms with van der Waals surface area (Å²) in [6.45, 7) is 1.80. The number of carbonyl (C=O) groups is 1. The lowest BCUT2D eigenvalue weighted by atomic mass is 10.0. The van der Waals surface area contributed by atoms with Crippen LogP contribution in [0.25, 0.3) is 11.4 Å². The molecule has 1 aliphatic heterocycles. The summed E-state index contributed by atoms with van der Waals surface area (Å²) < 4.78 is 0. The molecule has 2 aliphatic rings. The number of nitrogens with one attached hydrogen (secondary N) is 1. The molecular weight excluding hydrogens is 264 g/mol. The number of aromatic amines is 1. The maximum Gasteiger partial charge on any atom is 0.257 e. The van der Waals surface area contributed by atoms with Crippen molar-refractivity contribution in [2.24, 2.45) is 11.8 Å². The van der Waals surface area contributed by atoms with Gasteiger partial charge in [0.05, 0.1) is 23.1 Å². The first-order valence-electron chi connectivity index (χ1n) is 7.57. The van der Waals surface area contributed by atoms with Crippen molar-refractivity contribution in [2.75, 3.05) is 13.1 Å². The first-order valence-corrected chi connectivity index (χ1v) is 7.57. The second-order valence-electron chi connectivity index (χ2n) is 6.03. The van der Waals surface area contributed by atoms with E-state index >= 15 is 0 Å². The van der Waals surface area contributed by atoms with Gasteiger partial charge in [-0.25, -0.2) is 0 Å². The van der Waals surface area contributed by atoms with E-state index in [1.807, 2.05) is 23.1 Å². The minimum atomic E-state index is 0.0822. The fraction of sp³-hybridized carbons (Fsp3) is 0.438. The van der Waals surface area contributed by atoms with E-state index < -0.39 is 0 Å². The lowest BCUT2D eigenvalue weighted by Gasteiger charge is -2.17. The summed E-state index contributed by atoms with van der Waals surface area (Å²) in [6, 6.07) is 5.67. The van der Waals surface area contributed by atoms with Gasteiger partial charge in [0.1, 0.15) is 0 Å². The van der Waals surface area contributed by atoms with Crippen LogP contribution in [0, 0.1) is 11.8 Å². The van der Waals surface area contributed by atoms with E-state index in [0.29, 0.717) is 17.4 Å². The van der Waals surface area contributed by atoms with E-state index in [2.05, 4.69) is 15.2 Å². The third-order valence-corrected chi connectivity index (χ3v) is 4.80. The Kier molecular flexibility index (Phi) is 2.98. The lowest BCUT2D eigenvalue weighted by Crippen LogP contribution is -2.29. The number of hydrogen-bond acceptors (Lipinski definition) is 3. The van der Waals surface area contributed by atoms with Gasteiger partial charge in [0.25, 0.3) is 5.91 Å². The minimum Gasteiger partial charge on any atom is -0.338 e. The molecule has 1 saturated carbocycles. The number of hydrogen-bond donors (Lipinski definition) is 1. The van der Waals surface area contributed by atoms with Gasteiger partial charge in [-0.3, -0.25) is 14.9 Å². The number of H-pyrrole nitrogens is 1.